The molecule has 0 bridgehead atoms. The summed E-state index contributed by atoms with van der Waals surface area (Å²) in [7, 11) is 0.120. The SMILES string of the molecule is Br.C[Si](C)C.[Ni+2].[c-]1ccccn1.[c-]1ccccn1. The van der Waals surface area contributed by atoms with Gasteiger partial charge in [0, 0.05) is 8.80 Å². The quantitative estimate of drug-likeness (QED) is 0.523. The van der Waals surface area contributed by atoms with Gasteiger partial charge in [-0.1, -0.05) is 44.4 Å². The molecule has 0 saturated carbocycles. The summed E-state index contributed by atoms with van der Waals surface area (Å²) in [4.78, 5) is 7.32. The molecule has 0 fully saturated rings. The van der Waals surface area contributed by atoms with Crippen LogP contribution in [-0.2, 0) is 16.5 Å². The second kappa shape index (κ2) is 18.8. The van der Waals surface area contributed by atoms with Gasteiger partial charge in [-0.15, -0.1) is 17.0 Å². The molecule has 0 saturated heterocycles. The third-order valence-electron chi connectivity index (χ3n) is 1.03. The molecule has 18 heavy (non-hydrogen) atoms. The van der Waals surface area contributed by atoms with Gasteiger partial charge in [0.05, 0.1) is 0 Å². The van der Waals surface area contributed by atoms with E-state index < -0.39 is 0 Å². The van der Waals surface area contributed by atoms with Gasteiger partial charge < -0.3 is 9.97 Å². The van der Waals surface area contributed by atoms with Crippen LogP contribution in [0.2, 0.25) is 19.6 Å². The Morgan fingerprint density at radius 1 is 0.778 bits per heavy atom. The molecule has 2 aromatic rings. The monoisotopic (exact) mass is 367 g/mol. The van der Waals surface area contributed by atoms with E-state index in [0.29, 0.717) is 0 Å². The van der Waals surface area contributed by atoms with Crippen molar-refractivity contribution in [2.24, 2.45) is 0 Å². The van der Waals surface area contributed by atoms with Crippen LogP contribution in [0.3, 0.4) is 0 Å². The van der Waals surface area contributed by atoms with E-state index in [9.17, 15) is 0 Å². The van der Waals surface area contributed by atoms with Crippen molar-refractivity contribution in [1.82, 2.24) is 9.97 Å². The molecule has 0 spiro atoms. The summed E-state index contributed by atoms with van der Waals surface area (Å²) in [5.74, 6) is 0. The zero-order valence-corrected chi connectivity index (χ0v) is 14.4. The van der Waals surface area contributed by atoms with Gasteiger partial charge in [-0.05, 0) is 0 Å². The number of halogens is 1. The van der Waals surface area contributed by atoms with Crippen LogP contribution >= 0.6 is 17.0 Å². The Morgan fingerprint density at radius 3 is 1.17 bits per heavy atom. The molecule has 2 aromatic heterocycles. The Kier molecular flexibility index (Phi) is 23.7. The number of nitrogens with zero attached hydrogens (tertiary/aromatic N) is 2. The largest absolute Gasteiger partial charge is 2.00 e. The van der Waals surface area contributed by atoms with E-state index in [1.807, 2.05) is 24.3 Å². The minimum absolute atomic E-state index is 0. The molecule has 0 atom stereocenters. The fourth-order valence-corrected chi connectivity index (χ4v) is 0.555. The normalized spacial score (nSPS) is 7.33. The summed E-state index contributed by atoms with van der Waals surface area (Å²) in [6, 6.07) is 11.0. The Labute approximate surface area is 133 Å². The fraction of sp³-hybridized carbons (Fsp3) is 0.231. The molecule has 101 valence electrons. The summed E-state index contributed by atoms with van der Waals surface area (Å²) in [6.45, 7) is 6.81. The van der Waals surface area contributed by atoms with E-state index >= 15 is 0 Å². The molecule has 0 aliphatic heterocycles. The van der Waals surface area contributed by atoms with Crippen LogP contribution in [0.1, 0.15) is 0 Å². The van der Waals surface area contributed by atoms with Gasteiger partial charge in [0.25, 0.3) is 0 Å². The Balaban J connectivity index is -0.000000182. The average molecular weight is 369 g/mol. The standard InChI is InChI=1S/2C5H4N.C3H9Si.BrH.Ni/c2*1-2-4-6-5-3-1;1-4(2)3;;/h2*1-4H;1-3H3;1H;/q2*-1;;;+2. The van der Waals surface area contributed by atoms with E-state index in [1.165, 1.54) is 0 Å². The van der Waals surface area contributed by atoms with Crippen LogP contribution in [0.25, 0.3) is 0 Å². The number of aromatic nitrogens is 2. The van der Waals surface area contributed by atoms with E-state index in [1.54, 1.807) is 24.5 Å². The smallest absolute Gasteiger partial charge is 0.394 e. The number of hydrogen-bond acceptors (Lipinski definition) is 2. The van der Waals surface area contributed by atoms with Crippen molar-refractivity contribution in [3.05, 3.63) is 61.2 Å². The van der Waals surface area contributed by atoms with Crippen LogP contribution in [0.5, 0.6) is 0 Å². The first-order valence-corrected chi connectivity index (χ1v) is 8.04. The molecule has 0 amide bonds. The van der Waals surface area contributed by atoms with Crippen LogP contribution in [-0.4, -0.2) is 18.8 Å². The van der Waals surface area contributed by atoms with Crippen LogP contribution in [0.15, 0.2) is 48.8 Å². The molecule has 0 aliphatic carbocycles. The zero-order valence-electron chi connectivity index (χ0n) is 10.7. The molecular weight excluding hydrogens is 351 g/mol. The number of rotatable bonds is 0. The summed E-state index contributed by atoms with van der Waals surface area (Å²) >= 11 is 0. The van der Waals surface area contributed by atoms with Crippen molar-refractivity contribution in [1.29, 1.82) is 0 Å². The maximum absolute atomic E-state index is 3.66. The van der Waals surface area contributed by atoms with Gasteiger partial charge in [-0.3, -0.25) is 0 Å². The van der Waals surface area contributed by atoms with Crippen LogP contribution in [0.4, 0.5) is 0 Å². The van der Waals surface area contributed by atoms with E-state index in [-0.39, 0.29) is 42.3 Å². The first kappa shape index (κ1) is 22.7. The number of hydrogen-bond donors (Lipinski definition) is 0. The zero-order chi connectivity index (χ0) is 12.1. The van der Waals surface area contributed by atoms with Gasteiger partial charge in [0.1, 0.15) is 0 Å². The second-order valence-electron chi connectivity index (χ2n) is 3.42. The molecule has 1 radical (unpaired) electrons. The van der Waals surface area contributed by atoms with Crippen molar-refractivity contribution >= 4 is 25.8 Å². The van der Waals surface area contributed by atoms with Crippen molar-refractivity contribution in [2.75, 3.05) is 0 Å². The first-order valence-electron chi connectivity index (χ1n) is 5.04. The van der Waals surface area contributed by atoms with E-state index in [2.05, 4.69) is 42.0 Å². The molecule has 2 heterocycles. The fourth-order valence-electron chi connectivity index (χ4n) is 0.555. The first-order chi connectivity index (χ1) is 7.73. The molecule has 0 unspecified atom stereocenters. The van der Waals surface area contributed by atoms with Gasteiger partial charge in [0.2, 0.25) is 0 Å². The molecule has 5 heteroatoms. The molecule has 0 aliphatic rings. The van der Waals surface area contributed by atoms with Crippen molar-refractivity contribution in [2.45, 2.75) is 19.6 Å². The van der Waals surface area contributed by atoms with Gasteiger partial charge in [-0.2, -0.15) is 36.4 Å². The Morgan fingerprint density at radius 2 is 1.11 bits per heavy atom. The predicted octanol–water partition coefficient (Wildman–Crippen LogP) is 3.71. The third kappa shape index (κ3) is 24.6. The van der Waals surface area contributed by atoms with Crippen molar-refractivity contribution in [3.8, 4) is 0 Å². The predicted molar refractivity (Wildman–Crippen MR) is 79.8 cm³/mol. The van der Waals surface area contributed by atoms with Crippen LogP contribution < -0.4 is 0 Å². The van der Waals surface area contributed by atoms with Gasteiger partial charge in [-0.25, -0.2) is 0 Å². The number of pyridine rings is 2. The minimum Gasteiger partial charge on any atom is -0.394 e. The second-order valence-corrected chi connectivity index (χ2v) is 6.42. The molecule has 0 N–H and O–H groups in total. The molecule has 2 rings (SSSR count). The molecular formula is C13H18BrN2NiSi. The van der Waals surface area contributed by atoms with Gasteiger partial charge >= 0.3 is 16.5 Å². The van der Waals surface area contributed by atoms with Crippen molar-refractivity contribution < 1.29 is 16.5 Å². The third-order valence-corrected chi connectivity index (χ3v) is 1.03. The van der Waals surface area contributed by atoms with E-state index in [0.717, 1.165) is 0 Å². The Bertz CT molecular complexity index is 235. The maximum Gasteiger partial charge on any atom is 2.00 e. The van der Waals surface area contributed by atoms with Gasteiger partial charge in [0.15, 0.2) is 0 Å². The maximum atomic E-state index is 3.66. The summed E-state index contributed by atoms with van der Waals surface area (Å²) in [6.07, 6.45) is 8.67. The van der Waals surface area contributed by atoms with E-state index in [4.69, 9.17) is 0 Å². The van der Waals surface area contributed by atoms with Crippen LogP contribution in [0, 0.1) is 12.4 Å². The minimum atomic E-state index is 0. The average Bonchev–Trinajstić information content (AvgIpc) is 2.34. The summed E-state index contributed by atoms with van der Waals surface area (Å²) < 4.78 is 0. The summed E-state index contributed by atoms with van der Waals surface area (Å²) in [5.41, 5.74) is 0. The molecule has 2 nitrogen and oxygen atoms in total. The van der Waals surface area contributed by atoms with Crippen molar-refractivity contribution in [3.63, 3.8) is 0 Å². The molecule has 0 aromatic carbocycles. The Hall–Kier alpha value is -0.510. The summed E-state index contributed by atoms with van der Waals surface area (Å²) in [5, 5.41) is 0. The topological polar surface area (TPSA) is 25.8 Å².